The molecular weight excluding hydrogens is 326 g/mol. The van der Waals surface area contributed by atoms with Gasteiger partial charge in [-0.25, -0.2) is 9.97 Å². The number of hydrogen-bond donors (Lipinski definition) is 2. The van der Waals surface area contributed by atoms with Gasteiger partial charge in [-0.3, -0.25) is 9.59 Å². The Bertz CT molecular complexity index is 826. The number of nitrogens with zero attached hydrogens (tertiary/aromatic N) is 3. The van der Waals surface area contributed by atoms with E-state index in [1.807, 2.05) is 13.8 Å². The lowest BCUT2D eigenvalue weighted by molar-refractivity contribution is 0.0767. The summed E-state index contributed by atoms with van der Waals surface area (Å²) in [6, 6.07) is 0. The van der Waals surface area contributed by atoms with Gasteiger partial charge in [0.2, 0.25) is 0 Å². The number of aryl methyl sites for hydroxylation is 2. The van der Waals surface area contributed by atoms with Crippen LogP contribution in [0.4, 0.5) is 5.13 Å². The highest BCUT2D eigenvalue weighted by atomic mass is 32.1. The van der Waals surface area contributed by atoms with Crippen LogP contribution >= 0.6 is 11.3 Å². The first-order valence-electron chi connectivity index (χ1n) is 8.08. The standard InChI is InChI=1S/C16H21N5O2S/c1-4-17-16-18-9(2)13(24-16)15(23)21-7-5-11-12(6-8-21)19-10(3)20-14(11)22/h4-8H2,1-3H3,(H,17,18)(H,19,20,22). The van der Waals surface area contributed by atoms with Crippen molar-refractivity contribution in [2.24, 2.45) is 0 Å². The Balaban J connectivity index is 1.81. The summed E-state index contributed by atoms with van der Waals surface area (Å²) in [4.78, 5) is 39.0. The SMILES string of the molecule is CCNc1nc(C)c(C(=O)N2CCc3nc(C)[nH]c(=O)c3CC2)s1. The highest BCUT2D eigenvalue weighted by molar-refractivity contribution is 7.17. The number of hydrogen-bond acceptors (Lipinski definition) is 6. The van der Waals surface area contributed by atoms with Crippen molar-refractivity contribution < 1.29 is 4.79 Å². The number of rotatable bonds is 3. The molecule has 1 amide bonds. The molecule has 7 nitrogen and oxygen atoms in total. The van der Waals surface area contributed by atoms with E-state index in [-0.39, 0.29) is 11.5 Å². The van der Waals surface area contributed by atoms with Gasteiger partial charge in [-0.2, -0.15) is 0 Å². The number of aromatic nitrogens is 3. The summed E-state index contributed by atoms with van der Waals surface area (Å²) >= 11 is 1.39. The van der Waals surface area contributed by atoms with Crippen molar-refractivity contribution in [2.45, 2.75) is 33.6 Å². The molecule has 24 heavy (non-hydrogen) atoms. The number of carbonyl (C=O) groups excluding carboxylic acids is 1. The first-order chi connectivity index (χ1) is 11.5. The van der Waals surface area contributed by atoms with E-state index in [0.29, 0.717) is 42.2 Å². The average molecular weight is 347 g/mol. The highest BCUT2D eigenvalue weighted by Gasteiger charge is 2.25. The van der Waals surface area contributed by atoms with E-state index in [4.69, 9.17) is 0 Å². The lowest BCUT2D eigenvalue weighted by Gasteiger charge is -2.19. The first-order valence-corrected chi connectivity index (χ1v) is 8.90. The van der Waals surface area contributed by atoms with Crippen LogP contribution in [-0.2, 0) is 12.8 Å². The second-order valence-electron chi connectivity index (χ2n) is 5.83. The van der Waals surface area contributed by atoms with Gasteiger partial charge in [-0.05, 0) is 27.2 Å². The predicted molar refractivity (Wildman–Crippen MR) is 93.9 cm³/mol. The zero-order valence-corrected chi connectivity index (χ0v) is 14.9. The molecule has 2 aromatic rings. The molecule has 0 saturated carbocycles. The zero-order valence-electron chi connectivity index (χ0n) is 14.1. The molecule has 0 aromatic carbocycles. The molecule has 1 aliphatic rings. The average Bonchev–Trinajstić information content (AvgIpc) is 2.76. The molecule has 3 rings (SSSR count). The second kappa shape index (κ2) is 6.72. The second-order valence-corrected chi connectivity index (χ2v) is 6.83. The number of thiazole rings is 1. The van der Waals surface area contributed by atoms with Gasteiger partial charge < -0.3 is 15.2 Å². The molecule has 0 unspecified atom stereocenters. The third-order valence-electron chi connectivity index (χ3n) is 4.08. The van der Waals surface area contributed by atoms with Crippen molar-refractivity contribution in [1.29, 1.82) is 0 Å². The Labute approximate surface area is 144 Å². The van der Waals surface area contributed by atoms with Crippen molar-refractivity contribution >= 4 is 22.4 Å². The Morgan fingerprint density at radius 2 is 2.04 bits per heavy atom. The number of nitrogens with one attached hydrogen (secondary N) is 2. The molecule has 0 spiro atoms. The molecule has 8 heteroatoms. The van der Waals surface area contributed by atoms with E-state index < -0.39 is 0 Å². The van der Waals surface area contributed by atoms with E-state index in [0.717, 1.165) is 23.1 Å². The monoisotopic (exact) mass is 347 g/mol. The van der Waals surface area contributed by atoms with Gasteiger partial charge in [0.15, 0.2) is 5.13 Å². The van der Waals surface area contributed by atoms with Gasteiger partial charge in [0.25, 0.3) is 11.5 Å². The molecule has 0 bridgehead atoms. The van der Waals surface area contributed by atoms with E-state index in [2.05, 4.69) is 20.3 Å². The summed E-state index contributed by atoms with van der Waals surface area (Å²) in [6.07, 6.45) is 1.13. The van der Waals surface area contributed by atoms with Crippen molar-refractivity contribution in [2.75, 3.05) is 25.0 Å². The van der Waals surface area contributed by atoms with Gasteiger partial charge in [0, 0.05) is 31.6 Å². The molecule has 0 atom stereocenters. The van der Waals surface area contributed by atoms with Crippen LogP contribution in [0.1, 0.15) is 39.4 Å². The Morgan fingerprint density at radius 1 is 1.29 bits per heavy atom. The van der Waals surface area contributed by atoms with Crippen LogP contribution in [0, 0.1) is 13.8 Å². The number of aromatic amines is 1. The molecule has 1 aliphatic heterocycles. The quantitative estimate of drug-likeness (QED) is 0.878. The van der Waals surface area contributed by atoms with E-state index in [1.165, 1.54) is 11.3 Å². The van der Waals surface area contributed by atoms with E-state index >= 15 is 0 Å². The van der Waals surface area contributed by atoms with E-state index in [1.54, 1.807) is 11.8 Å². The van der Waals surface area contributed by atoms with Crippen LogP contribution in [0.25, 0.3) is 0 Å². The van der Waals surface area contributed by atoms with Crippen molar-refractivity contribution in [1.82, 2.24) is 19.9 Å². The van der Waals surface area contributed by atoms with Crippen LogP contribution in [0.15, 0.2) is 4.79 Å². The number of amides is 1. The van der Waals surface area contributed by atoms with Gasteiger partial charge in [-0.15, -0.1) is 0 Å². The predicted octanol–water partition coefficient (Wildman–Crippen LogP) is 1.52. The van der Waals surface area contributed by atoms with Gasteiger partial charge >= 0.3 is 0 Å². The maximum atomic E-state index is 12.9. The minimum Gasteiger partial charge on any atom is -0.362 e. The minimum atomic E-state index is -0.0878. The third-order valence-corrected chi connectivity index (χ3v) is 5.18. The molecule has 2 N–H and O–H groups in total. The molecule has 0 saturated heterocycles. The number of fused-ring (bicyclic) bond motifs is 1. The largest absolute Gasteiger partial charge is 0.362 e. The van der Waals surface area contributed by atoms with Crippen LogP contribution in [0.5, 0.6) is 0 Å². The Hall–Kier alpha value is -2.22. The Kier molecular flexibility index (Phi) is 4.66. The number of anilines is 1. The molecular formula is C16H21N5O2S. The molecule has 0 radical (unpaired) electrons. The number of carbonyl (C=O) groups is 1. The molecule has 0 fully saturated rings. The fourth-order valence-electron chi connectivity index (χ4n) is 2.90. The first kappa shape index (κ1) is 16.6. The van der Waals surface area contributed by atoms with Crippen molar-refractivity contribution in [3.8, 4) is 0 Å². The summed E-state index contributed by atoms with van der Waals surface area (Å²) in [5.74, 6) is 0.599. The summed E-state index contributed by atoms with van der Waals surface area (Å²) < 4.78 is 0. The lowest BCUT2D eigenvalue weighted by Crippen LogP contribution is -2.33. The normalized spacial score (nSPS) is 14.2. The third kappa shape index (κ3) is 3.19. The van der Waals surface area contributed by atoms with E-state index in [9.17, 15) is 9.59 Å². The summed E-state index contributed by atoms with van der Waals surface area (Å²) in [5.41, 5.74) is 2.16. The minimum absolute atomic E-state index is 0.0184. The fourth-order valence-corrected chi connectivity index (χ4v) is 3.90. The van der Waals surface area contributed by atoms with Crippen LogP contribution in [0.2, 0.25) is 0 Å². The van der Waals surface area contributed by atoms with Crippen LogP contribution < -0.4 is 10.9 Å². The van der Waals surface area contributed by atoms with Crippen LogP contribution in [-0.4, -0.2) is 45.4 Å². The molecule has 0 aliphatic carbocycles. The smallest absolute Gasteiger partial charge is 0.265 e. The maximum Gasteiger partial charge on any atom is 0.265 e. The Morgan fingerprint density at radius 3 is 2.79 bits per heavy atom. The van der Waals surface area contributed by atoms with Crippen LogP contribution in [0.3, 0.4) is 0 Å². The summed E-state index contributed by atoms with van der Waals surface area (Å²) in [6.45, 7) is 7.48. The number of H-pyrrole nitrogens is 1. The van der Waals surface area contributed by atoms with Gasteiger partial charge in [0.05, 0.1) is 11.4 Å². The summed E-state index contributed by atoms with van der Waals surface area (Å²) in [5, 5.41) is 3.92. The highest BCUT2D eigenvalue weighted by Crippen LogP contribution is 2.24. The van der Waals surface area contributed by atoms with Crippen molar-refractivity contribution in [3.05, 3.63) is 38.0 Å². The maximum absolute atomic E-state index is 12.9. The summed E-state index contributed by atoms with van der Waals surface area (Å²) in [7, 11) is 0. The van der Waals surface area contributed by atoms with Gasteiger partial charge in [-0.1, -0.05) is 11.3 Å². The molecule has 128 valence electrons. The molecule has 3 heterocycles. The fraction of sp³-hybridized carbons (Fsp3) is 0.500. The molecule has 2 aromatic heterocycles. The topological polar surface area (TPSA) is 91.0 Å². The lowest BCUT2D eigenvalue weighted by atomic mass is 10.1. The zero-order chi connectivity index (χ0) is 17.3. The van der Waals surface area contributed by atoms with Crippen molar-refractivity contribution in [3.63, 3.8) is 0 Å². The van der Waals surface area contributed by atoms with Gasteiger partial charge in [0.1, 0.15) is 10.7 Å².